The van der Waals surface area contributed by atoms with Gasteiger partial charge in [0.1, 0.15) is 0 Å². The van der Waals surface area contributed by atoms with E-state index in [-0.39, 0.29) is 5.25 Å². The second kappa shape index (κ2) is 6.49. The van der Waals surface area contributed by atoms with Crippen LogP contribution in [-0.4, -0.2) is 10.2 Å². The van der Waals surface area contributed by atoms with Crippen LogP contribution < -0.4 is 0 Å². The van der Waals surface area contributed by atoms with Gasteiger partial charge in [0.05, 0.1) is 5.25 Å². The molecule has 24 heavy (non-hydrogen) atoms. The number of aromatic nitrogens is 2. The number of fused-ring (bicyclic) bond motifs is 1. The summed E-state index contributed by atoms with van der Waals surface area (Å²) < 4.78 is 5.85. The molecule has 0 bridgehead atoms. The standard InChI is InChI=1S/C20H16N2OS/c1-14(19-21-22-20(23-19)16-8-3-2-4-9-16)24-18-12-11-15-7-5-6-10-17(15)13-18/h2-14H,1H3/t14-/m1/s1. The first-order valence-electron chi connectivity index (χ1n) is 7.84. The Morgan fingerprint density at radius 2 is 1.58 bits per heavy atom. The largest absolute Gasteiger partial charge is 0.419 e. The third-order valence-corrected chi connectivity index (χ3v) is 4.92. The summed E-state index contributed by atoms with van der Waals surface area (Å²) in [5, 5.41) is 11.0. The second-order valence-corrected chi connectivity index (χ2v) is 6.99. The number of benzene rings is 3. The van der Waals surface area contributed by atoms with Crippen LogP contribution in [0.5, 0.6) is 0 Å². The summed E-state index contributed by atoms with van der Waals surface area (Å²) in [6, 6.07) is 24.7. The van der Waals surface area contributed by atoms with Gasteiger partial charge in [0.25, 0.3) is 0 Å². The number of rotatable bonds is 4. The maximum Gasteiger partial charge on any atom is 0.247 e. The summed E-state index contributed by atoms with van der Waals surface area (Å²) in [5.41, 5.74) is 0.944. The van der Waals surface area contributed by atoms with Crippen molar-refractivity contribution in [1.82, 2.24) is 10.2 Å². The lowest BCUT2D eigenvalue weighted by Gasteiger charge is -2.07. The van der Waals surface area contributed by atoms with Crippen LogP contribution in [0.2, 0.25) is 0 Å². The van der Waals surface area contributed by atoms with Crippen molar-refractivity contribution < 1.29 is 4.42 Å². The van der Waals surface area contributed by atoms with Crippen LogP contribution in [-0.2, 0) is 0 Å². The van der Waals surface area contributed by atoms with Gasteiger partial charge in [0.2, 0.25) is 11.8 Å². The molecule has 0 radical (unpaired) electrons. The van der Waals surface area contributed by atoms with E-state index in [4.69, 9.17) is 4.42 Å². The van der Waals surface area contributed by atoms with Crippen molar-refractivity contribution in [2.75, 3.05) is 0 Å². The molecule has 0 spiro atoms. The van der Waals surface area contributed by atoms with Crippen LogP contribution in [0.25, 0.3) is 22.2 Å². The molecule has 4 rings (SSSR count). The Hall–Kier alpha value is -2.59. The smallest absolute Gasteiger partial charge is 0.247 e. The van der Waals surface area contributed by atoms with Gasteiger partial charge in [-0.05, 0) is 42.0 Å². The first kappa shape index (κ1) is 15.0. The molecule has 1 aromatic heterocycles. The van der Waals surface area contributed by atoms with Crippen molar-refractivity contribution in [3.05, 3.63) is 78.7 Å². The van der Waals surface area contributed by atoms with Crippen LogP contribution in [0.15, 0.2) is 82.1 Å². The zero-order valence-corrected chi connectivity index (χ0v) is 14.0. The third kappa shape index (κ3) is 3.05. The molecule has 0 saturated heterocycles. The van der Waals surface area contributed by atoms with E-state index in [0.29, 0.717) is 11.8 Å². The van der Waals surface area contributed by atoms with Crippen LogP contribution >= 0.6 is 11.8 Å². The van der Waals surface area contributed by atoms with Crippen molar-refractivity contribution in [3.8, 4) is 11.5 Å². The minimum atomic E-state index is 0.0936. The minimum Gasteiger partial charge on any atom is -0.419 e. The molecule has 3 nitrogen and oxygen atoms in total. The molecule has 0 N–H and O–H groups in total. The summed E-state index contributed by atoms with van der Waals surface area (Å²) in [4.78, 5) is 1.20. The topological polar surface area (TPSA) is 38.9 Å². The van der Waals surface area contributed by atoms with Gasteiger partial charge in [0.15, 0.2) is 0 Å². The van der Waals surface area contributed by atoms with Gasteiger partial charge in [-0.25, -0.2) is 0 Å². The number of hydrogen-bond donors (Lipinski definition) is 0. The normalized spacial score (nSPS) is 12.4. The Morgan fingerprint density at radius 3 is 2.42 bits per heavy atom. The van der Waals surface area contributed by atoms with E-state index in [2.05, 4.69) is 59.6 Å². The summed E-state index contributed by atoms with van der Waals surface area (Å²) in [6.45, 7) is 2.09. The van der Waals surface area contributed by atoms with Crippen LogP contribution in [0.4, 0.5) is 0 Å². The summed E-state index contributed by atoms with van der Waals surface area (Å²) >= 11 is 1.72. The summed E-state index contributed by atoms with van der Waals surface area (Å²) in [6.07, 6.45) is 0. The first-order chi connectivity index (χ1) is 11.8. The van der Waals surface area contributed by atoms with Crippen LogP contribution in [0.3, 0.4) is 0 Å². The van der Waals surface area contributed by atoms with E-state index in [0.717, 1.165) is 5.56 Å². The molecule has 1 heterocycles. The number of hydrogen-bond acceptors (Lipinski definition) is 4. The maximum absolute atomic E-state index is 5.85. The third-order valence-electron chi connectivity index (χ3n) is 3.84. The molecular weight excluding hydrogens is 316 g/mol. The van der Waals surface area contributed by atoms with Crippen molar-refractivity contribution in [2.24, 2.45) is 0 Å². The zero-order chi connectivity index (χ0) is 16.4. The lowest BCUT2D eigenvalue weighted by Crippen LogP contribution is -1.88. The molecule has 0 aliphatic carbocycles. The van der Waals surface area contributed by atoms with Gasteiger partial charge in [-0.15, -0.1) is 22.0 Å². The minimum absolute atomic E-state index is 0.0936. The van der Waals surface area contributed by atoms with Gasteiger partial charge in [-0.3, -0.25) is 0 Å². The Bertz CT molecular complexity index is 965. The molecule has 0 aliphatic rings. The fourth-order valence-corrected chi connectivity index (χ4v) is 3.54. The highest BCUT2D eigenvalue weighted by atomic mass is 32.2. The van der Waals surface area contributed by atoms with E-state index in [9.17, 15) is 0 Å². The van der Waals surface area contributed by atoms with Crippen molar-refractivity contribution in [3.63, 3.8) is 0 Å². The van der Waals surface area contributed by atoms with Gasteiger partial charge >= 0.3 is 0 Å². The molecule has 0 aliphatic heterocycles. The van der Waals surface area contributed by atoms with E-state index >= 15 is 0 Å². The molecule has 0 unspecified atom stereocenters. The van der Waals surface area contributed by atoms with Crippen LogP contribution in [0, 0.1) is 0 Å². The number of nitrogens with zero attached hydrogens (tertiary/aromatic N) is 2. The summed E-state index contributed by atoms with van der Waals surface area (Å²) in [5.74, 6) is 1.21. The molecule has 1 atom stereocenters. The fourth-order valence-electron chi connectivity index (χ4n) is 2.59. The molecule has 4 heteroatoms. The SMILES string of the molecule is C[C@@H](Sc1ccc2ccccc2c1)c1nnc(-c2ccccc2)o1. The van der Waals surface area contributed by atoms with E-state index < -0.39 is 0 Å². The van der Waals surface area contributed by atoms with E-state index in [1.54, 1.807) is 11.8 Å². The average molecular weight is 332 g/mol. The fraction of sp³-hybridized carbons (Fsp3) is 0.100. The average Bonchev–Trinajstić information content (AvgIpc) is 3.13. The zero-order valence-electron chi connectivity index (χ0n) is 13.2. The molecule has 118 valence electrons. The second-order valence-electron chi connectivity index (χ2n) is 5.58. The Labute approximate surface area is 144 Å². The Morgan fingerprint density at radius 1 is 0.833 bits per heavy atom. The van der Waals surface area contributed by atoms with Crippen molar-refractivity contribution >= 4 is 22.5 Å². The quantitative estimate of drug-likeness (QED) is 0.446. The summed E-state index contributed by atoms with van der Waals surface area (Å²) in [7, 11) is 0. The van der Waals surface area contributed by atoms with Crippen molar-refractivity contribution in [2.45, 2.75) is 17.1 Å². The van der Waals surface area contributed by atoms with E-state index in [1.165, 1.54) is 15.7 Å². The molecule has 0 fully saturated rings. The van der Waals surface area contributed by atoms with Gasteiger partial charge in [0, 0.05) is 10.5 Å². The molecular formula is C20H16N2OS. The highest BCUT2D eigenvalue weighted by Gasteiger charge is 2.16. The molecule has 0 saturated carbocycles. The monoisotopic (exact) mass is 332 g/mol. The first-order valence-corrected chi connectivity index (χ1v) is 8.72. The van der Waals surface area contributed by atoms with E-state index in [1.807, 2.05) is 30.3 Å². The highest BCUT2D eigenvalue weighted by Crippen LogP contribution is 2.36. The van der Waals surface area contributed by atoms with Gasteiger partial charge in [-0.1, -0.05) is 48.5 Å². The predicted molar refractivity (Wildman–Crippen MR) is 98.0 cm³/mol. The van der Waals surface area contributed by atoms with Gasteiger partial charge in [-0.2, -0.15) is 0 Å². The number of thioether (sulfide) groups is 1. The van der Waals surface area contributed by atoms with Crippen LogP contribution in [0.1, 0.15) is 18.1 Å². The maximum atomic E-state index is 5.85. The Balaban J connectivity index is 1.55. The lowest BCUT2D eigenvalue weighted by molar-refractivity contribution is 0.509. The molecule has 0 amide bonds. The Kier molecular flexibility index (Phi) is 4.05. The predicted octanol–water partition coefficient (Wildman–Crippen LogP) is 5.74. The highest BCUT2D eigenvalue weighted by molar-refractivity contribution is 7.99. The molecule has 4 aromatic rings. The van der Waals surface area contributed by atoms with Gasteiger partial charge < -0.3 is 4.42 Å². The van der Waals surface area contributed by atoms with Crippen molar-refractivity contribution in [1.29, 1.82) is 0 Å². The lowest BCUT2D eigenvalue weighted by atomic mass is 10.1. The molecule has 3 aromatic carbocycles.